The van der Waals surface area contributed by atoms with Crippen LogP contribution in [0.15, 0.2) is 23.1 Å². The fourth-order valence-electron chi connectivity index (χ4n) is 1.45. The Morgan fingerprint density at radius 2 is 1.94 bits per heavy atom. The van der Waals surface area contributed by atoms with E-state index in [-0.39, 0.29) is 17.3 Å². The molecule has 0 radical (unpaired) electrons. The Morgan fingerprint density at radius 1 is 1.35 bits per heavy atom. The minimum absolute atomic E-state index is 0.0953. The highest BCUT2D eigenvalue weighted by Crippen LogP contribution is 2.23. The quantitative estimate of drug-likeness (QED) is 0.842. The number of aliphatic hydroxyl groups is 1. The molecule has 0 saturated carbocycles. The topological polar surface area (TPSA) is 54.4 Å². The van der Waals surface area contributed by atoms with Crippen molar-refractivity contribution in [3.63, 3.8) is 0 Å². The predicted molar refractivity (Wildman–Crippen MR) is 64.1 cm³/mol. The summed E-state index contributed by atoms with van der Waals surface area (Å²) in [5.41, 5.74) is -0.408. The van der Waals surface area contributed by atoms with Crippen molar-refractivity contribution < 1.29 is 17.9 Å². The first-order chi connectivity index (χ1) is 7.68. The Bertz CT molecular complexity index is 506. The van der Waals surface area contributed by atoms with Gasteiger partial charge in [-0.1, -0.05) is 13.8 Å². The Morgan fingerprint density at radius 3 is 2.41 bits per heavy atom. The molecule has 3 nitrogen and oxygen atoms in total. The van der Waals surface area contributed by atoms with Gasteiger partial charge in [-0.3, -0.25) is 0 Å². The van der Waals surface area contributed by atoms with Crippen LogP contribution in [0.1, 0.15) is 19.4 Å². The van der Waals surface area contributed by atoms with E-state index in [0.29, 0.717) is 5.56 Å². The zero-order valence-electron chi connectivity index (χ0n) is 10.2. The Hall–Kier alpha value is -0.940. The second-order valence-electron chi connectivity index (χ2n) is 4.99. The van der Waals surface area contributed by atoms with Gasteiger partial charge in [0.25, 0.3) is 0 Å². The Labute approximate surface area is 101 Å². The maximum atomic E-state index is 13.1. The lowest BCUT2D eigenvalue weighted by molar-refractivity contribution is 0.179. The summed E-state index contributed by atoms with van der Waals surface area (Å²) in [6, 6.07) is 3.72. The van der Waals surface area contributed by atoms with Crippen molar-refractivity contribution in [2.45, 2.75) is 25.7 Å². The first kappa shape index (κ1) is 14.1. The molecule has 1 aromatic rings. The van der Waals surface area contributed by atoms with Crippen molar-refractivity contribution in [2.24, 2.45) is 5.41 Å². The average molecular weight is 260 g/mol. The number of hydrogen-bond acceptors (Lipinski definition) is 3. The molecule has 5 heteroatoms. The SMILES string of the molecule is Cc1cc(S(=O)(=O)CC(C)(C)CO)ccc1F. The fourth-order valence-corrected chi connectivity index (χ4v) is 3.37. The highest BCUT2D eigenvalue weighted by Gasteiger charge is 2.27. The third kappa shape index (κ3) is 3.51. The molecule has 0 saturated heterocycles. The van der Waals surface area contributed by atoms with Gasteiger partial charge in [-0.25, -0.2) is 12.8 Å². The van der Waals surface area contributed by atoms with Crippen LogP contribution in [-0.4, -0.2) is 25.9 Å². The summed E-state index contributed by atoms with van der Waals surface area (Å²) in [4.78, 5) is 0.0953. The van der Waals surface area contributed by atoms with E-state index in [2.05, 4.69) is 0 Å². The molecule has 0 unspecified atom stereocenters. The number of aliphatic hydroxyl groups excluding tert-OH is 1. The molecule has 0 spiro atoms. The Kier molecular flexibility index (Phi) is 3.94. The van der Waals surface area contributed by atoms with Crippen molar-refractivity contribution in [3.05, 3.63) is 29.6 Å². The van der Waals surface area contributed by atoms with Gasteiger partial charge in [0.15, 0.2) is 9.84 Å². The first-order valence-electron chi connectivity index (χ1n) is 5.28. The summed E-state index contributed by atoms with van der Waals surface area (Å²) in [6.07, 6.45) is 0. The molecule has 0 aliphatic rings. The van der Waals surface area contributed by atoms with E-state index in [9.17, 15) is 12.8 Å². The number of aryl methyl sites for hydroxylation is 1. The number of sulfone groups is 1. The van der Waals surface area contributed by atoms with E-state index in [1.807, 2.05) is 0 Å². The average Bonchev–Trinajstić information content (AvgIpc) is 2.20. The molecule has 0 aliphatic heterocycles. The van der Waals surface area contributed by atoms with Gasteiger partial charge in [-0.2, -0.15) is 0 Å². The highest BCUT2D eigenvalue weighted by molar-refractivity contribution is 7.91. The molecule has 0 heterocycles. The summed E-state index contributed by atoms with van der Waals surface area (Å²) < 4.78 is 37.1. The lowest BCUT2D eigenvalue weighted by Crippen LogP contribution is -2.27. The van der Waals surface area contributed by atoms with Crippen molar-refractivity contribution in [2.75, 3.05) is 12.4 Å². The summed E-state index contributed by atoms with van der Waals surface area (Å²) in [5, 5.41) is 9.08. The summed E-state index contributed by atoms with van der Waals surface area (Å²) >= 11 is 0. The van der Waals surface area contributed by atoms with Gasteiger partial charge < -0.3 is 5.11 Å². The number of rotatable bonds is 4. The molecule has 0 amide bonds. The number of hydrogen-bond donors (Lipinski definition) is 1. The van der Waals surface area contributed by atoms with Crippen LogP contribution in [0.25, 0.3) is 0 Å². The van der Waals surface area contributed by atoms with E-state index in [1.54, 1.807) is 13.8 Å². The molecular weight excluding hydrogens is 243 g/mol. The molecule has 0 bridgehead atoms. The monoisotopic (exact) mass is 260 g/mol. The van der Waals surface area contributed by atoms with Crippen LogP contribution in [0.4, 0.5) is 4.39 Å². The smallest absolute Gasteiger partial charge is 0.179 e. The molecule has 17 heavy (non-hydrogen) atoms. The van der Waals surface area contributed by atoms with Crippen LogP contribution in [0.3, 0.4) is 0 Å². The molecule has 1 N–H and O–H groups in total. The normalized spacial score (nSPS) is 12.8. The molecule has 0 aromatic heterocycles. The van der Waals surface area contributed by atoms with Crippen LogP contribution in [0.2, 0.25) is 0 Å². The van der Waals surface area contributed by atoms with Crippen LogP contribution in [0.5, 0.6) is 0 Å². The van der Waals surface area contributed by atoms with Gasteiger partial charge in [0.2, 0.25) is 0 Å². The van der Waals surface area contributed by atoms with Gasteiger partial charge in [-0.05, 0) is 30.7 Å². The van der Waals surface area contributed by atoms with Gasteiger partial charge >= 0.3 is 0 Å². The zero-order valence-corrected chi connectivity index (χ0v) is 11.0. The summed E-state index contributed by atoms with van der Waals surface area (Å²) in [7, 11) is -3.50. The third-order valence-corrected chi connectivity index (χ3v) is 4.63. The van der Waals surface area contributed by atoms with Crippen LogP contribution >= 0.6 is 0 Å². The maximum absolute atomic E-state index is 13.1. The number of benzene rings is 1. The lowest BCUT2D eigenvalue weighted by atomic mass is 9.98. The first-order valence-corrected chi connectivity index (χ1v) is 6.93. The van der Waals surface area contributed by atoms with Crippen LogP contribution in [0, 0.1) is 18.2 Å². The largest absolute Gasteiger partial charge is 0.396 e. The van der Waals surface area contributed by atoms with Gasteiger partial charge in [0.1, 0.15) is 5.82 Å². The summed E-state index contributed by atoms with van der Waals surface area (Å²) in [5.74, 6) is -0.591. The van der Waals surface area contributed by atoms with E-state index in [0.717, 1.165) is 6.07 Å². The molecule has 96 valence electrons. The van der Waals surface area contributed by atoms with Crippen LogP contribution in [-0.2, 0) is 9.84 Å². The molecule has 1 aromatic carbocycles. The second-order valence-corrected chi connectivity index (χ2v) is 6.98. The molecular formula is C12H17FO3S. The van der Waals surface area contributed by atoms with Crippen molar-refractivity contribution in [1.29, 1.82) is 0 Å². The minimum Gasteiger partial charge on any atom is -0.396 e. The van der Waals surface area contributed by atoms with E-state index in [1.165, 1.54) is 19.1 Å². The van der Waals surface area contributed by atoms with Crippen molar-refractivity contribution in [3.8, 4) is 0 Å². The second kappa shape index (κ2) is 4.74. The zero-order chi connectivity index (χ0) is 13.3. The molecule has 0 fully saturated rings. The van der Waals surface area contributed by atoms with E-state index < -0.39 is 21.1 Å². The van der Waals surface area contributed by atoms with Crippen molar-refractivity contribution in [1.82, 2.24) is 0 Å². The highest BCUT2D eigenvalue weighted by atomic mass is 32.2. The molecule has 1 rings (SSSR count). The molecule has 0 atom stereocenters. The van der Waals surface area contributed by atoms with Gasteiger partial charge in [0.05, 0.1) is 10.6 Å². The Balaban J connectivity index is 3.10. The van der Waals surface area contributed by atoms with Gasteiger partial charge in [-0.15, -0.1) is 0 Å². The van der Waals surface area contributed by atoms with E-state index >= 15 is 0 Å². The standard InChI is InChI=1S/C12H17FO3S/c1-9-6-10(4-5-11(9)13)17(15,16)8-12(2,3)7-14/h4-6,14H,7-8H2,1-3H3. The molecule has 0 aliphatic carbocycles. The van der Waals surface area contributed by atoms with E-state index in [4.69, 9.17) is 5.11 Å². The lowest BCUT2D eigenvalue weighted by Gasteiger charge is -2.21. The maximum Gasteiger partial charge on any atom is 0.179 e. The predicted octanol–water partition coefficient (Wildman–Crippen LogP) is 1.93. The number of halogens is 1. The fraction of sp³-hybridized carbons (Fsp3) is 0.500. The van der Waals surface area contributed by atoms with Crippen molar-refractivity contribution >= 4 is 9.84 Å². The minimum atomic E-state index is -3.50. The van der Waals surface area contributed by atoms with Gasteiger partial charge in [0, 0.05) is 12.0 Å². The summed E-state index contributed by atoms with van der Waals surface area (Å²) in [6.45, 7) is 4.64. The van der Waals surface area contributed by atoms with Crippen LogP contribution < -0.4 is 0 Å². The third-order valence-electron chi connectivity index (χ3n) is 2.50.